The van der Waals surface area contributed by atoms with Gasteiger partial charge < -0.3 is 14.6 Å². The lowest BCUT2D eigenvalue weighted by molar-refractivity contribution is -0.299. The molecule has 0 bridgehead atoms. The second-order valence-corrected chi connectivity index (χ2v) is 1.99. The normalized spacial score (nSPS) is 9.30. The lowest BCUT2D eigenvalue weighted by atomic mass is 10.2. The van der Waals surface area contributed by atoms with Crippen molar-refractivity contribution in [2.24, 2.45) is 0 Å². The van der Waals surface area contributed by atoms with Gasteiger partial charge in [0.05, 0.1) is 5.97 Å². The Labute approximate surface area is 60.3 Å². The van der Waals surface area contributed by atoms with Crippen LogP contribution in [0, 0.1) is 0 Å². The van der Waals surface area contributed by atoms with Crippen molar-refractivity contribution in [1.29, 1.82) is 0 Å². The summed E-state index contributed by atoms with van der Waals surface area (Å²) in [4.78, 5) is 10.0. The smallest absolute Gasteiger partial charge is 0.0668 e. The zero-order valence-corrected chi connectivity index (χ0v) is 6.05. The van der Waals surface area contributed by atoms with Gasteiger partial charge in [-0.15, -0.1) is 0 Å². The van der Waals surface area contributed by atoms with Gasteiger partial charge in [0.25, 0.3) is 0 Å². The Balaban J connectivity index is 3.31. The number of aliphatic carboxylic acids is 1. The average Bonchev–Trinajstić information content (AvgIpc) is 1.88. The molecule has 0 atom stereocenters. The molecule has 58 valence electrons. The molecular weight excluding hydrogens is 132 g/mol. The fourth-order valence-corrected chi connectivity index (χ4v) is 0.532. The van der Waals surface area contributed by atoms with Gasteiger partial charge in [-0.05, 0) is 18.4 Å². The summed E-state index contributed by atoms with van der Waals surface area (Å²) in [5.74, 6) is -1.17. The van der Waals surface area contributed by atoms with E-state index in [1.54, 1.807) is 7.11 Å². The van der Waals surface area contributed by atoms with E-state index in [4.69, 9.17) is 4.74 Å². The summed E-state index contributed by atoms with van der Waals surface area (Å²) in [6, 6.07) is 0. The Hall–Kier alpha value is -0.830. The van der Waals surface area contributed by atoms with Crippen molar-refractivity contribution < 1.29 is 14.6 Å². The summed E-state index contributed by atoms with van der Waals surface area (Å²) < 4.78 is 4.72. The molecule has 0 heterocycles. The molecule has 0 aliphatic carbocycles. The fraction of sp³-hybridized carbons (Fsp3) is 0.571. The first-order chi connectivity index (χ1) is 4.68. The maximum Gasteiger partial charge on any atom is 0.0668 e. The van der Waals surface area contributed by atoms with Crippen LogP contribution >= 0.6 is 0 Å². The zero-order valence-electron chi connectivity index (χ0n) is 6.05. The standard InChI is InChI=1S/C7H12O3/c1-6(7(8)9)4-3-5-10-2/h1,3-5H2,2H3,(H,8,9)/p-1. The van der Waals surface area contributed by atoms with Crippen molar-refractivity contribution >= 4 is 5.97 Å². The van der Waals surface area contributed by atoms with E-state index in [0.717, 1.165) is 0 Å². The van der Waals surface area contributed by atoms with Crippen molar-refractivity contribution in [3.05, 3.63) is 12.2 Å². The van der Waals surface area contributed by atoms with Gasteiger partial charge in [-0.3, -0.25) is 0 Å². The highest BCUT2D eigenvalue weighted by molar-refractivity contribution is 5.83. The van der Waals surface area contributed by atoms with Crippen LogP contribution in [0.3, 0.4) is 0 Å². The number of hydrogen-bond donors (Lipinski definition) is 0. The highest BCUT2D eigenvalue weighted by Crippen LogP contribution is 1.99. The summed E-state index contributed by atoms with van der Waals surface area (Å²) in [6.07, 6.45) is 1.12. The van der Waals surface area contributed by atoms with Crippen LogP contribution in [0.15, 0.2) is 12.2 Å². The van der Waals surface area contributed by atoms with E-state index in [9.17, 15) is 9.90 Å². The van der Waals surface area contributed by atoms with E-state index in [0.29, 0.717) is 19.4 Å². The van der Waals surface area contributed by atoms with Crippen LogP contribution < -0.4 is 5.11 Å². The van der Waals surface area contributed by atoms with Crippen molar-refractivity contribution in [1.82, 2.24) is 0 Å². The van der Waals surface area contributed by atoms with Gasteiger partial charge in [-0.2, -0.15) is 0 Å². The number of hydrogen-bond acceptors (Lipinski definition) is 3. The molecule has 0 aliphatic heterocycles. The third-order valence-electron chi connectivity index (χ3n) is 1.12. The molecule has 0 aromatic rings. The SMILES string of the molecule is C=C(CCCOC)C(=O)[O-]. The Bertz CT molecular complexity index is 129. The topological polar surface area (TPSA) is 49.4 Å². The maximum atomic E-state index is 10.0. The van der Waals surface area contributed by atoms with E-state index >= 15 is 0 Å². The van der Waals surface area contributed by atoms with Gasteiger partial charge in [0.15, 0.2) is 0 Å². The Morgan fingerprint density at radius 3 is 2.70 bits per heavy atom. The molecule has 0 aromatic heterocycles. The largest absolute Gasteiger partial charge is 0.545 e. The van der Waals surface area contributed by atoms with Gasteiger partial charge in [-0.25, -0.2) is 0 Å². The monoisotopic (exact) mass is 143 g/mol. The predicted molar refractivity (Wildman–Crippen MR) is 35.3 cm³/mol. The van der Waals surface area contributed by atoms with Crippen molar-refractivity contribution in [2.75, 3.05) is 13.7 Å². The minimum atomic E-state index is -1.17. The van der Waals surface area contributed by atoms with Gasteiger partial charge in [0, 0.05) is 13.7 Å². The number of rotatable bonds is 5. The minimum absolute atomic E-state index is 0.136. The summed E-state index contributed by atoms with van der Waals surface area (Å²) in [6.45, 7) is 3.87. The van der Waals surface area contributed by atoms with E-state index in [2.05, 4.69) is 6.58 Å². The molecule has 0 radical (unpaired) electrons. The fourth-order valence-electron chi connectivity index (χ4n) is 0.532. The highest BCUT2D eigenvalue weighted by Gasteiger charge is 1.93. The molecule has 3 nitrogen and oxygen atoms in total. The van der Waals surface area contributed by atoms with Crippen LogP contribution in [-0.4, -0.2) is 19.7 Å². The van der Waals surface area contributed by atoms with Crippen molar-refractivity contribution in [3.63, 3.8) is 0 Å². The first-order valence-corrected chi connectivity index (χ1v) is 3.06. The van der Waals surface area contributed by atoms with Crippen LogP contribution in [0.1, 0.15) is 12.8 Å². The van der Waals surface area contributed by atoms with Gasteiger partial charge in [-0.1, -0.05) is 6.58 Å². The molecule has 0 rings (SSSR count). The molecule has 10 heavy (non-hydrogen) atoms. The van der Waals surface area contributed by atoms with E-state index in [1.807, 2.05) is 0 Å². The van der Waals surface area contributed by atoms with E-state index < -0.39 is 5.97 Å². The minimum Gasteiger partial charge on any atom is -0.545 e. The van der Waals surface area contributed by atoms with Gasteiger partial charge in [0.2, 0.25) is 0 Å². The molecule has 0 aliphatic rings. The summed E-state index contributed by atoms with van der Waals surface area (Å²) in [7, 11) is 1.57. The number of carbonyl (C=O) groups excluding carboxylic acids is 1. The molecule has 0 unspecified atom stereocenters. The third kappa shape index (κ3) is 4.09. The molecule has 0 aromatic carbocycles. The van der Waals surface area contributed by atoms with Crippen LogP contribution in [0.5, 0.6) is 0 Å². The lowest BCUT2D eigenvalue weighted by Crippen LogP contribution is -2.23. The molecule has 0 spiro atoms. The van der Waals surface area contributed by atoms with Crippen LogP contribution in [0.4, 0.5) is 0 Å². The lowest BCUT2D eigenvalue weighted by Gasteiger charge is -2.04. The summed E-state index contributed by atoms with van der Waals surface area (Å²) in [5.41, 5.74) is 0.136. The van der Waals surface area contributed by atoms with E-state index in [1.165, 1.54) is 0 Å². The second-order valence-electron chi connectivity index (χ2n) is 1.99. The average molecular weight is 143 g/mol. The predicted octanol–water partition coefficient (Wildman–Crippen LogP) is -0.281. The van der Waals surface area contributed by atoms with Crippen molar-refractivity contribution in [2.45, 2.75) is 12.8 Å². The molecule has 0 N–H and O–H groups in total. The highest BCUT2D eigenvalue weighted by atomic mass is 16.5. The zero-order chi connectivity index (χ0) is 7.98. The second kappa shape index (κ2) is 4.99. The van der Waals surface area contributed by atoms with Gasteiger partial charge in [0.1, 0.15) is 0 Å². The quantitative estimate of drug-likeness (QED) is 0.393. The maximum absolute atomic E-state index is 10.0. The van der Waals surface area contributed by atoms with Crippen LogP contribution in [0.25, 0.3) is 0 Å². The van der Waals surface area contributed by atoms with E-state index in [-0.39, 0.29) is 5.57 Å². The molecule has 0 saturated heterocycles. The number of carbonyl (C=O) groups is 1. The molecular formula is C7H11O3-. The first-order valence-electron chi connectivity index (χ1n) is 3.06. The summed E-state index contributed by atoms with van der Waals surface area (Å²) in [5, 5.41) is 10.0. The Morgan fingerprint density at radius 1 is 1.70 bits per heavy atom. The molecule has 0 fully saturated rings. The van der Waals surface area contributed by atoms with Crippen molar-refractivity contribution in [3.8, 4) is 0 Å². The van der Waals surface area contributed by atoms with Gasteiger partial charge >= 0.3 is 0 Å². The van der Waals surface area contributed by atoms with Crippen LogP contribution in [-0.2, 0) is 9.53 Å². The summed E-state index contributed by atoms with van der Waals surface area (Å²) >= 11 is 0. The number of carboxylic acid groups (broad SMARTS) is 1. The first kappa shape index (κ1) is 9.17. The number of carboxylic acids is 1. The molecule has 3 heteroatoms. The molecule has 0 saturated carbocycles. The third-order valence-corrected chi connectivity index (χ3v) is 1.12. The molecule has 0 amide bonds. The number of ether oxygens (including phenoxy) is 1. The Kier molecular flexibility index (Phi) is 4.58. The van der Waals surface area contributed by atoms with Crippen LogP contribution in [0.2, 0.25) is 0 Å². The Morgan fingerprint density at radius 2 is 2.30 bits per heavy atom. The number of methoxy groups -OCH3 is 1.